The molecule has 2 N–H and O–H groups in total. The zero-order chi connectivity index (χ0) is 19.7. The number of amides is 1. The fourth-order valence-electron chi connectivity index (χ4n) is 2.71. The Morgan fingerprint density at radius 3 is 2.89 bits per heavy atom. The van der Waals surface area contributed by atoms with Gasteiger partial charge in [-0.25, -0.2) is 9.98 Å². The molecule has 0 fully saturated rings. The maximum atomic E-state index is 12.3. The van der Waals surface area contributed by atoms with E-state index in [1.807, 2.05) is 6.07 Å². The first-order valence-electron chi connectivity index (χ1n) is 8.34. The highest BCUT2D eigenvalue weighted by molar-refractivity contribution is 7.18. The number of hydrogen-bond donors (Lipinski definition) is 2. The smallest absolute Gasteiger partial charge is 0.311 e. The molecule has 0 radical (unpaired) electrons. The summed E-state index contributed by atoms with van der Waals surface area (Å²) in [6.45, 7) is 2.07. The summed E-state index contributed by atoms with van der Waals surface area (Å²) < 4.78 is 4.91. The first-order valence-corrected chi connectivity index (χ1v) is 10.0. The van der Waals surface area contributed by atoms with Gasteiger partial charge in [0, 0.05) is 10.6 Å². The van der Waals surface area contributed by atoms with E-state index in [9.17, 15) is 14.7 Å². The van der Waals surface area contributed by atoms with E-state index in [1.165, 1.54) is 11.3 Å². The van der Waals surface area contributed by atoms with Gasteiger partial charge < -0.3 is 15.2 Å². The van der Waals surface area contributed by atoms with Crippen molar-refractivity contribution >= 4 is 50.4 Å². The standard InChI is InChI=1S/C18H14N4O4S2/c1-2-26-12(23)7-9-8-27-17(19-9)22-18-21-16(25)14(28-18)13-10-5-3-4-6-11(10)20-15(13)24/h3-6,8,25H,2,7H2,1H3,(H,19,21,22). The number of anilines is 2. The van der Waals surface area contributed by atoms with E-state index < -0.39 is 5.91 Å². The van der Waals surface area contributed by atoms with Crippen molar-refractivity contribution in [2.75, 3.05) is 11.9 Å². The van der Waals surface area contributed by atoms with Crippen molar-refractivity contribution in [2.24, 2.45) is 4.99 Å². The van der Waals surface area contributed by atoms with Crippen LogP contribution in [0.1, 0.15) is 17.5 Å². The Morgan fingerprint density at radius 2 is 2.07 bits per heavy atom. The van der Waals surface area contributed by atoms with Gasteiger partial charge in [-0.3, -0.25) is 9.59 Å². The number of ether oxygens (including phenoxy) is 1. The first kappa shape index (κ1) is 18.3. The average Bonchev–Trinajstić information content (AvgIpc) is 3.32. The lowest BCUT2D eigenvalue weighted by molar-refractivity contribution is -0.142. The number of esters is 1. The first-order chi connectivity index (χ1) is 13.5. The Morgan fingerprint density at radius 1 is 1.25 bits per heavy atom. The predicted octanol–water partition coefficient (Wildman–Crippen LogP) is 1.51. The van der Waals surface area contributed by atoms with E-state index >= 15 is 0 Å². The number of aromatic nitrogens is 2. The minimum absolute atomic E-state index is 0.0884. The van der Waals surface area contributed by atoms with E-state index in [-0.39, 0.29) is 18.3 Å². The maximum Gasteiger partial charge on any atom is 0.311 e. The summed E-state index contributed by atoms with van der Waals surface area (Å²) in [7, 11) is 0. The molecular formula is C18H14N4O4S2. The van der Waals surface area contributed by atoms with Gasteiger partial charge >= 0.3 is 5.97 Å². The van der Waals surface area contributed by atoms with Crippen molar-refractivity contribution < 1.29 is 19.4 Å². The van der Waals surface area contributed by atoms with Gasteiger partial charge in [0.2, 0.25) is 5.88 Å². The SMILES string of the molecule is CCOC(=O)Cc1csc(Nc2nc(O)c(C3=c4ccccc4=NC3=O)s2)n1. The minimum Gasteiger partial charge on any atom is -0.492 e. The van der Waals surface area contributed by atoms with E-state index in [4.69, 9.17) is 4.74 Å². The van der Waals surface area contributed by atoms with E-state index in [2.05, 4.69) is 20.3 Å². The summed E-state index contributed by atoms with van der Waals surface area (Å²) in [5, 5.41) is 17.2. The molecule has 0 bridgehead atoms. The van der Waals surface area contributed by atoms with Crippen molar-refractivity contribution in [3.05, 3.63) is 50.8 Å². The van der Waals surface area contributed by atoms with Crippen molar-refractivity contribution in [1.82, 2.24) is 9.97 Å². The number of hydrogen-bond acceptors (Lipinski definition) is 9. The van der Waals surface area contributed by atoms with Crippen molar-refractivity contribution in [3.8, 4) is 5.88 Å². The molecule has 0 aliphatic carbocycles. The Kier molecular flexibility index (Phi) is 4.88. The van der Waals surface area contributed by atoms with Crippen LogP contribution in [0.15, 0.2) is 34.6 Å². The monoisotopic (exact) mass is 414 g/mol. The van der Waals surface area contributed by atoms with Crippen molar-refractivity contribution in [2.45, 2.75) is 13.3 Å². The summed E-state index contributed by atoms with van der Waals surface area (Å²) in [6, 6.07) is 7.14. The molecule has 0 unspecified atom stereocenters. The zero-order valence-electron chi connectivity index (χ0n) is 14.6. The summed E-state index contributed by atoms with van der Waals surface area (Å²) in [5.74, 6) is -0.990. The molecule has 3 aromatic rings. The van der Waals surface area contributed by atoms with Gasteiger partial charge in [0.05, 0.1) is 29.7 Å². The van der Waals surface area contributed by atoms with Gasteiger partial charge in [-0.2, -0.15) is 4.98 Å². The molecule has 0 spiro atoms. The van der Waals surface area contributed by atoms with Crippen LogP contribution in [0.2, 0.25) is 0 Å². The molecule has 0 saturated carbocycles. The predicted molar refractivity (Wildman–Crippen MR) is 104 cm³/mol. The number of para-hydroxylation sites is 1. The molecule has 3 heterocycles. The van der Waals surface area contributed by atoms with Gasteiger partial charge in [-0.15, -0.1) is 11.3 Å². The summed E-state index contributed by atoms with van der Waals surface area (Å²) in [4.78, 5) is 36.6. The van der Waals surface area contributed by atoms with Crippen LogP contribution >= 0.6 is 22.7 Å². The number of carbonyl (C=O) groups excluding carboxylic acids is 2. The second-order valence-corrected chi connectivity index (χ2v) is 7.59. The van der Waals surface area contributed by atoms with Crippen LogP contribution in [0.4, 0.5) is 10.3 Å². The molecule has 1 aliphatic rings. The summed E-state index contributed by atoms with van der Waals surface area (Å²) in [5.41, 5.74) is 0.917. The third kappa shape index (κ3) is 3.51. The zero-order valence-corrected chi connectivity index (χ0v) is 16.3. The van der Waals surface area contributed by atoms with Gasteiger partial charge in [0.1, 0.15) is 4.88 Å². The van der Waals surface area contributed by atoms with Gasteiger partial charge in [0.25, 0.3) is 5.91 Å². The quantitative estimate of drug-likeness (QED) is 0.588. The molecule has 8 nitrogen and oxygen atoms in total. The van der Waals surface area contributed by atoms with Crippen LogP contribution in [0, 0.1) is 0 Å². The average molecular weight is 414 g/mol. The normalized spacial score (nSPS) is 12.6. The number of thiazole rings is 2. The molecule has 28 heavy (non-hydrogen) atoms. The van der Waals surface area contributed by atoms with Crippen LogP contribution in [-0.2, 0) is 20.7 Å². The Hall–Kier alpha value is -3.11. The largest absolute Gasteiger partial charge is 0.492 e. The summed E-state index contributed by atoms with van der Waals surface area (Å²) in [6.07, 6.45) is 0.0884. The van der Waals surface area contributed by atoms with E-state index in [0.717, 1.165) is 11.3 Å². The molecule has 142 valence electrons. The molecule has 1 aliphatic heterocycles. The molecule has 10 heteroatoms. The highest BCUT2D eigenvalue weighted by Gasteiger charge is 2.24. The molecule has 2 aromatic heterocycles. The highest BCUT2D eigenvalue weighted by Crippen LogP contribution is 2.35. The second-order valence-electron chi connectivity index (χ2n) is 5.73. The highest BCUT2D eigenvalue weighted by atomic mass is 32.1. The van der Waals surface area contributed by atoms with Crippen LogP contribution in [0.5, 0.6) is 5.88 Å². The molecule has 0 saturated heterocycles. The Bertz CT molecular complexity index is 1200. The van der Waals surface area contributed by atoms with Crippen LogP contribution in [0.3, 0.4) is 0 Å². The fourth-order valence-corrected chi connectivity index (χ4v) is 4.39. The van der Waals surface area contributed by atoms with E-state index in [1.54, 1.807) is 30.5 Å². The second kappa shape index (κ2) is 7.49. The molecule has 4 rings (SSSR count). The lowest BCUT2D eigenvalue weighted by Gasteiger charge is -1.98. The van der Waals surface area contributed by atoms with Crippen LogP contribution in [0.25, 0.3) is 5.57 Å². The Labute approximate surface area is 166 Å². The lowest BCUT2D eigenvalue weighted by atomic mass is 10.1. The minimum atomic E-state index is -0.405. The molecule has 1 aromatic carbocycles. The summed E-state index contributed by atoms with van der Waals surface area (Å²) >= 11 is 2.44. The third-order valence-electron chi connectivity index (χ3n) is 3.84. The molecule has 1 amide bonds. The third-order valence-corrected chi connectivity index (χ3v) is 5.63. The van der Waals surface area contributed by atoms with Crippen LogP contribution < -0.4 is 15.9 Å². The number of nitrogens with zero attached hydrogens (tertiary/aromatic N) is 3. The van der Waals surface area contributed by atoms with Crippen molar-refractivity contribution in [1.29, 1.82) is 0 Å². The molecular weight excluding hydrogens is 400 g/mol. The van der Waals surface area contributed by atoms with E-state index in [0.29, 0.717) is 43.6 Å². The van der Waals surface area contributed by atoms with Gasteiger partial charge in [0.15, 0.2) is 10.3 Å². The number of fused-ring (bicyclic) bond motifs is 1. The number of aromatic hydroxyl groups is 1. The topological polar surface area (TPSA) is 114 Å². The van der Waals surface area contributed by atoms with Crippen molar-refractivity contribution in [3.63, 3.8) is 0 Å². The number of rotatable bonds is 6. The lowest BCUT2D eigenvalue weighted by Crippen LogP contribution is -2.22. The number of benzene rings is 1. The van der Waals surface area contributed by atoms with Gasteiger partial charge in [-0.1, -0.05) is 29.5 Å². The van der Waals surface area contributed by atoms with Crippen LogP contribution in [-0.4, -0.2) is 33.6 Å². The number of nitrogens with one attached hydrogen (secondary N) is 1. The maximum absolute atomic E-state index is 12.3. The van der Waals surface area contributed by atoms with Gasteiger partial charge in [-0.05, 0) is 13.0 Å². The number of carbonyl (C=O) groups is 2. The fraction of sp³-hybridized carbons (Fsp3) is 0.167. The Balaban J connectivity index is 1.59. The molecule has 0 atom stereocenters.